The molecule has 0 aromatic heterocycles. The Morgan fingerprint density at radius 3 is 1.90 bits per heavy atom. The third-order valence-corrected chi connectivity index (χ3v) is 16.3. The molecule has 0 radical (unpaired) electrons. The van der Waals surface area contributed by atoms with Gasteiger partial charge in [0.25, 0.3) is 0 Å². The van der Waals surface area contributed by atoms with Gasteiger partial charge in [0.1, 0.15) is 0 Å². The highest BCUT2D eigenvalue weighted by Gasteiger charge is 2.61. The molecule has 0 fully saturated rings. The summed E-state index contributed by atoms with van der Waals surface area (Å²) in [7, 11) is -0.805. The number of methoxy groups -OCH3 is 2. The van der Waals surface area contributed by atoms with E-state index in [9.17, 15) is 4.79 Å². The maximum atomic E-state index is 13.2. The van der Waals surface area contributed by atoms with E-state index in [4.69, 9.17) is 18.3 Å². The minimum absolute atomic E-state index is 0.0151. The number of carbonyl (C=O) groups is 1. The molecule has 0 amide bonds. The highest BCUT2D eigenvalue weighted by atomic mass is 28.4. The van der Waals surface area contributed by atoms with Crippen molar-refractivity contribution >= 4 is 22.4 Å². The van der Waals surface area contributed by atoms with E-state index in [1.54, 1.807) is 7.11 Å². The van der Waals surface area contributed by atoms with E-state index in [0.29, 0.717) is 17.9 Å². The van der Waals surface area contributed by atoms with Gasteiger partial charge in [-0.15, -0.1) is 0 Å². The van der Waals surface area contributed by atoms with Gasteiger partial charge in [0.15, 0.2) is 28.0 Å². The van der Waals surface area contributed by atoms with Crippen LogP contribution in [0.5, 0.6) is 0 Å². The van der Waals surface area contributed by atoms with Crippen LogP contribution < -0.4 is 0 Å². The summed E-state index contributed by atoms with van der Waals surface area (Å²) >= 11 is 0. The molecule has 0 bridgehead atoms. The highest BCUT2D eigenvalue weighted by Crippen LogP contribution is 2.49. The van der Waals surface area contributed by atoms with E-state index >= 15 is 0 Å². The predicted octanol–water partition coefficient (Wildman–Crippen LogP) is 6.02. The number of hydrogen-bond donors (Lipinski definition) is 0. The zero-order valence-electron chi connectivity index (χ0n) is 20.7. The van der Waals surface area contributed by atoms with E-state index in [0.717, 1.165) is 24.6 Å². The van der Waals surface area contributed by atoms with Gasteiger partial charge in [-0.25, -0.2) is 0 Å². The molecular formula is C22H44O5Si2. The quantitative estimate of drug-likeness (QED) is 0.344. The first-order chi connectivity index (χ1) is 13.3. The molecule has 0 heterocycles. The molecule has 7 heteroatoms. The first kappa shape index (κ1) is 26.4. The Bertz CT molecular complexity index is 597. The molecule has 0 aromatic rings. The Labute approximate surface area is 180 Å². The van der Waals surface area contributed by atoms with Gasteiger partial charge < -0.3 is 18.3 Å². The fraction of sp³-hybridized carbons (Fsp3) is 0.864. The normalized spacial score (nSPS) is 21.8. The van der Waals surface area contributed by atoms with Crippen LogP contribution in [0.2, 0.25) is 36.3 Å². The third-order valence-electron chi connectivity index (χ3n) is 7.08. The zero-order chi connectivity index (χ0) is 22.7. The van der Waals surface area contributed by atoms with Gasteiger partial charge in [-0.05, 0) is 56.0 Å². The molecule has 0 N–H and O–H groups in total. The maximum absolute atomic E-state index is 13.2. The van der Waals surface area contributed by atoms with E-state index in [2.05, 4.69) is 61.6 Å². The van der Waals surface area contributed by atoms with Crippen molar-refractivity contribution in [2.24, 2.45) is 0 Å². The molecule has 1 aliphatic rings. The van der Waals surface area contributed by atoms with Gasteiger partial charge >= 0.3 is 0 Å². The van der Waals surface area contributed by atoms with Crippen LogP contribution in [0.4, 0.5) is 0 Å². The Morgan fingerprint density at radius 2 is 1.52 bits per heavy atom. The third kappa shape index (κ3) is 5.17. The van der Waals surface area contributed by atoms with Gasteiger partial charge in [-0.1, -0.05) is 41.5 Å². The van der Waals surface area contributed by atoms with Crippen LogP contribution in [0, 0.1) is 0 Å². The van der Waals surface area contributed by atoms with Crippen LogP contribution in [-0.2, 0) is 23.1 Å². The standard InChI is InChI=1S/C22H44O5Si2/c1-12-29(13-2,14-3)26-17(4)15-16-22(27-28(10,11)21(5,6)7)19(23)18(24-8)20(22)25-9/h17H,12-16H2,1-11H3. The van der Waals surface area contributed by atoms with Crippen LogP contribution in [-0.4, -0.2) is 48.3 Å². The first-order valence-electron chi connectivity index (χ1n) is 11.0. The number of ether oxygens (including phenoxy) is 2. The molecule has 0 aromatic carbocycles. The number of carbonyl (C=O) groups excluding carboxylic acids is 1. The lowest BCUT2D eigenvalue weighted by Gasteiger charge is -2.49. The van der Waals surface area contributed by atoms with E-state index < -0.39 is 22.2 Å². The highest BCUT2D eigenvalue weighted by molar-refractivity contribution is 6.74. The Hall–Kier alpha value is -0.636. The Morgan fingerprint density at radius 1 is 1.00 bits per heavy atom. The maximum Gasteiger partial charge on any atom is 0.239 e. The van der Waals surface area contributed by atoms with Crippen molar-refractivity contribution in [3.05, 3.63) is 11.5 Å². The molecule has 0 saturated heterocycles. The predicted molar refractivity (Wildman–Crippen MR) is 124 cm³/mol. The molecule has 170 valence electrons. The van der Waals surface area contributed by atoms with Crippen molar-refractivity contribution in [1.82, 2.24) is 0 Å². The molecular weight excluding hydrogens is 400 g/mol. The molecule has 0 aliphatic heterocycles. The fourth-order valence-electron chi connectivity index (χ4n) is 3.81. The largest absolute Gasteiger partial charge is 0.494 e. The van der Waals surface area contributed by atoms with Crippen LogP contribution in [0.15, 0.2) is 11.5 Å². The minimum Gasteiger partial charge on any atom is -0.494 e. The zero-order valence-corrected chi connectivity index (χ0v) is 22.7. The van der Waals surface area contributed by atoms with Gasteiger partial charge in [0.2, 0.25) is 11.5 Å². The van der Waals surface area contributed by atoms with Crippen molar-refractivity contribution in [3.63, 3.8) is 0 Å². The fourth-order valence-corrected chi connectivity index (χ4v) is 8.24. The van der Waals surface area contributed by atoms with E-state index in [-0.39, 0.29) is 16.9 Å². The monoisotopic (exact) mass is 444 g/mol. The number of rotatable bonds is 12. The number of hydrogen-bond acceptors (Lipinski definition) is 5. The second-order valence-electron chi connectivity index (χ2n) is 9.80. The van der Waals surface area contributed by atoms with Crippen molar-refractivity contribution in [3.8, 4) is 0 Å². The summed E-state index contributed by atoms with van der Waals surface area (Å²) in [6.45, 7) is 19.7. The Kier molecular flexibility index (Phi) is 8.80. The average Bonchev–Trinajstić information content (AvgIpc) is 2.65. The van der Waals surface area contributed by atoms with Gasteiger partial charge in [-0.2, -0.15) is 0 Å². The topological polar surface area (TPSA) is 54.0 Å². The van der Waals surface area contributed by atoms with Gasteiger partial charge in [-0.3, -0.25) is 4.79 Å². The van der Waals surface area contributed by atoms with Gasteiger partial charge in [0.05, 0.1) is 14.2 Å². The Balaban J connectivity index is 3.14. The van der Waals surface area contributed by atoms with Crippen molar-refractivity contribution < 1.29 is 23.1 Å². The van der Waals surface area contributed by atoms with Gasteiger partial charge in [0, 0.05) is 6.10 Å². The van der Waals surface area contributed by atoms with Crippen molar-refractivity contribution in [1.29, 1.82) is 0 Å². The molecule has 0 saturated carbocycles. The van der Waals surface area contributed by atoms with Crippen LogP contribution >= 0.6 is 0 Å². The lowest BCUT2D eigenvalue weighted by molar-refractivity contribution is -0.144. The summed E-state index contributed by atoms with van der Waals surface area (Å²) in [5, 5.41) is -0.0151. The van der Waals surface area contributed by atoms with Crippen LogP contribution in [0.1, 0.15) is 61.3 Å². The molecule has 2 unspecified atom stereocenters. The second kappa shape index (κ2) is 9.66. The molecule has 0 spiro atoms. The van der Waals surface area contributed by atoms with Crippen LogP contribution in [0.3, 0.4) is 0 Å². The molecule has 1 rings (SSSR count). The average molecular weight is 445 g/mol. The molecule has 1 aliphatic carbocycles. The molecule has 2 atom stereocenters. The molecule has 29 heavy (non-hydrogen) atoms. The first-order valence-corrected chi connectivity index (χ1v) is 16.5. The number of ketones is 1. The smallest absolute Gasteiger partial charge is 0.239 e. The summed E-state index contributed by atoms with van der Waals surface area (Å²) in [4.78, 5) is 13.2. The van der Waals surface area contributed by atoms with E-state index in [1.165, 1.54) is 7.11 Å². The lowest BCUT2D eigenvalue weighted by Crippen LogP contribution is -2.61. The minimum atomic E-state index is -2.21. The molecule has 5 nitrogen and oxygen atoms in total. The lowest BCUT2D eigenvalue weighted by atomic mass is 9.79. The SMILES string of the molecule is CC[Si](CC)(CC)OC(C)CCC1(O[Si](C)(C)C(C)(C)C)C(=O)C(OC)=C1OC. The summed E-state index contributed by atoms with van der Waals surface area (Å²) < 4.78 is 24.3. The number of Topliss-reactive ketones (excluding diaryl/α,β-unsaturated/α-hetero) is 1. The van der Waals surface area contributed by atoms with E-state index in [1.807, 2.05) is 0 Å². The summed E-state index contributed by atoms with van der Waals surface area (Å²) in [5.41, 5.74) is -1.05. The summed E-state index contributed by atoms with van der Waals surface area (Å²) in [5.74, 6) is 0.727. The second-order valence-corrected chi connectivity index (χ2v) is 19.2. The summed E-state index contributed by atoms with van der Waals surface area (Å²) in [6, 6.07) is 3.35. The summed E-state index contributed by atoms with van der Waals surface area (Å²) in [6.07, 6.45) is 1.38. The van der Waals surface area contributed by atoms with Crippen molar-refractivity contribution in [2.75, 3.05) is 14.2 Å². The van der Waals surface area contributed by atoms with Crippen LogP contribution in [0.25, 0.3) is 0 Å². The van der Waals surface area contributed by atoms with Crippen molar-refractivity contribution in [2.45, 2.75) is 109 Å².